The first-order valence-electron chi connectivity index (χ1n) is 12.3. The maximum absolute atomic E-state index is 14.1. The number of thiophene rings is 1. The number of benzene rings is 3. The molecule has 0 bridgehead atoms. The molecule has 1 N–H and O–H groups in total. The van der Waals surface area contributed by atoms with E-state index in [1.165, 1.54) is 23.5 Å². The normalized spacial score (nSPS) is 19.1. The molecule has 0 saturated heterocycles. The van der Waals surface area contributed by atoms with Crippen molar-refractivity contribution >= 4 is 34.4 Å². The first kappa shape index (κ1) is 23.4. The van der Waals surface area contributed by atoms with Gasteiger partial charge in [-0.15, -0.1) is 11.3 Å². The van der Waals surface area contributed by atoms with Gasteiger partial charge in [-0.3, -0.25) is 14.5 Å². The molecule has 0 unspecified atom stereocenters. The number of hydrogen-bond donors (Lipinski definition) is 1. The molecule has 2 atom stereocenters. The number of ketones is 1. The van der Waals surface area contributed by atoms with Gasteiger partial charge < -0.3 is 5.32 Å². The first-order chi connectivity index (χ1) is 18.0. The van der Waals surface area contributed by atoms with Gasteiger partial charge in [-0.25, -0.2) is 4.39 Å². The van der Waals surface area contributed by atoms with Crippen LogP contribution in [-0.4, -0.2) is 11.7 Å². The topological polar surface area (TPSA) is 49.4 Å². The van der Waals surface area contributed by atoms with Gasteiger partial charge in [0.15, 0.2) is 5.78 Å². The summed E-state index contributed by atoms with van der Waals surface area (Å²) in [7, 11) is 0. The molecule has 1 aliphatic carbocycles. The maximum atomic E-state index is 14.1. The average Bonchev–Trinajstić information content (AvgIpc) is 3.40. The van der Waals surface area contributed by atoms with E-state index in [1.807, 2.05) is 54.8 Å². The molecule has 0 fully saturated rings. The number of carbonyl (C=O) groups is 2. The van der Waals surface area contributed by atoms with E-state index >= 15 is 0 Å². The number of nitrogens with zero attached hydrogens (tertiary/aromatic N) is 1. The molecule has 37 heavy (non-hydrogen) atoms. The second kappa shape index (κ2) is 9.45. The molecular formula is C31H25FN2O2S. The molecule has 2 heterocycles. The summed E-state index contributed by atoms with van der Waals surface area (Å²) in [4.78, 5) is 30.4. The van der Waals surface area contributed by atoms with E-state index in [0.717, 1.165) is 22.5 Å². The third kappa shape index (κ3) is 4.27. The molecule has 1 aromatic heterocycles. The molecule has 1 amide bonds. The van der Waals surface area contributed by atoms with Crippen molar-refractivity contribution in [2.75, 3.05) is 10.2 Å². The molecular weight excluding hydrogens is 483 g/mol. The van der Waals surface area contributed by atoms with E-state index in [2.05, 4.69) is 17.4 Å². The molecule has 4 nitrogen and oxygen atoms in total. The van der Waals surface area contributed by atoms with Crippen LogP contribution in [0, 0.1) is 12.7 Å². The fourth-order valence-corrected chi connectivity index (χ4v) is 6.07. The fourth-order valence-electron chi connectivity index (χ4n) is 5.41. The highest BCUT2D eigenvalue weighted by atomic mass is 32.1. The Morgan fingerprint density at radius 2 is 1.73 bits per heavy atom. The summed E-state index contributed by atoms with van der Waals surface area (Å²) in [5, 5.41) is 5.42. The predicted octanol–water partition coefficient (Wildman–Crippen LogP) is 7.41. The Morgan fingerprint density at radius 1 is 0.946 bits per heavy atom. The number of rotatable bonds is 3. The Bertz CT molecular complexity index is 1510. The van der Waals surface area contributed by atoms with Crippen molar-refractivity contribution in [3.8, 4) is 0 Å². The van der Waals surface area contributed by atoms with Crippen LogP contribution in [0.1, 0.15) is 51.2 Å². The zero-order chi connectivity index (χ0) is 25.5. The summed E-state index contributed by atoms with van der Waals surface area (Å²) in [6.45, 7) is 1.98. The number of nitrogens with one attached hydrogen (secondary N) is 1. The van der Waals surface area contributed by atoms with Crippen molar-refractivity contribution in [3.05, 3.63) is 129 Å². The van der Waals surface area contributed by atoms with Crippen LogP contribution >= 0.6 is 11.3 Å². The van der Waals surface area contributed by atoms with Crippen molar-refractivity contribution in [1.82, 2.24) is 0 Å². The zero-order valence-corrected chi connectivity index (χ0v) is 21.1. The van der Waals surface area contributed by atoms with E-state index in [0.29, 0.717) is 34.5 Å². The van der Waals surface area contributed by atoms with Gasteiger partial charge >= 0.3 is 0 Å². The highest BCUT2D eigenvalue weighted by Gasteiger charge is 2.42. The monoisotopic (exact) mass is 508 g/mol. The number of aryl methyl sites for hydroxylation is 1. The standard InChI is InChI=1S/C31H25FN2O2S/c1-19-9-14-24-26(16-19)34(31(36)28-8-5-15-37-28)30(21-10-12-23(32)13-11-21)29-25(33-24)17-22(18-27(29)35)20-6-3-2-4-7-20/h2-16,22,30,33H,17-18H2,1H3/t22-,30+/m1/s1. The van der Waals surface area contributed by atoms with Gasteiger partial charge in [-0.05, 0) is 71.7 Å². The number of allylic oxidation sites excluding steroid dienone is 1. The van der Waals surface area contributed by atoms with E-state index in [-0.39, 0.29) is 23.4 Å². The summed E-state index contributed by atoms with van der Waals surface area (Å²) in [5.41, 5.74) is 5.66. The molecule has 2 aliphatic rings. The summed E-state index contributed by atoms with van der Waals surface area (Å²) in [5.74, 6) is -0.534. The summed E-state index contributed by atoms with van der Waals surface area (Å²) in [6.07, 6.45) is 0.982. The van der Waals surface area contributed by atoms with E-state index < -0.39 is 6.04 Å². The number of anilines is 2. The van der Waals surface area contributed by atoms with Crippen molar-refractivity contribution in [2.45, 2.75) is 31.7 Å². The SMILES string of the molecule is Cc1ccc2c(c1)N(C(=O)c1cccs1)[C@@H](c1ccc(F)cc1)C1=C(C[C@@H](c3ccccc3)CC1=O)N2. The molecule has 1 aliphatic heterocycles. The van der Waals surface area contributed by atoms with Crippen LogP contribution < -0.4 is 10.2 Å². The minimum Gasteiger partial charge on any atom is -0.357 e. The van der Waals surface area contributed by atoms with Crippen molar-refractivity contribution in [3.63, 3.8) is 0 Å². The average molecular weight is 509 g/mol. The molecule has 3 aromatic carbocycles. The van der Waals surface area contributed by atoms with Crippen molar-refractivity contribution in [2.24, 2.45) is 0 Å². The van der Waals surface area contributed by atoms with E-state index in [4.69, 9.17) is 0 Å². The Hall–Kier alpha value is -4.03. The summed E-state index contributed by atoms with van der Waals surface area (Å²) >= 11 is 1.37. The Kier molecular flexibility index (Phi) is 5.97. The molecule has 0 saturated carbocycles. The van der Waals surface area contributed by atoms with Crippen LogP contribution in [-0.2, 0) is 4.79 Å². The quantitative estimate of drug-likeness (QED) is 0.313. The minimum atomic E-state index is -0.690. The van der Waals surface area contributed by atoms with Crippen LogP contribution in [0.4, 0.5) is 15.8 Å². The van der Waals surface area contributed by atoms with Gasteiger partial charge in [0.05, 0.1) is 22.3 Å². The third-order valence-corrected chi connectivity index (χ3v) is 8.00. The second-order valence-corrected chi connectivity index (χ2v) is 10.5. The summed E-state index contributed by atoms with van der Waals surface area (Å²) in [6, 6.07) is 25.1. The number of Topliss-reactive ketones (excluding diaryl/α,β-unsaturated/α-hetero) is 1. The first-order valence-corrected chi connectivity index (χ1v) is 13.2. The lowest BCUT2D eigenvalue weighted by molar-refractivity contribution is -0.116. The molecule has 0 radical (unpaired) electrons. The smallest absolute Gasteiger partial charge is 0.269 e. The van der Waals surface area contributed by atoms with Crippen molar-refractivity contribution < 1.29 is 14.0 Å². The third-order valence-electron chi connectivity index (χ3n) is 7.15. The molecule has 6 rings (SSSR count). The number of carbonyl (C=O) groups excluding carboxylic acids is 2. The van der Waals surface area contributed by atoms with Gasteiger partial charge in [0.1, 0.15) is 5.82 Å². The number of amides is 1. The van der Waals surface area contributed by atoms with Gasteiger partial charge in [0, 0.05) is 17.7 Å². The molecule has 4 aromatic rings. The maximum Gasteiger partial charge on any atom is 0.269 e. The van der Waals surface area contributed by atoms with Gasteiger partial charge in [0.25, 0.3) is 5.91 Å². The lowest BCUT2D eigenvalue weighted by atomic mass is 9.78. The van der Waals surface area contributed by atoms with Crippen LogP contribution in [0.5, 0.6) is 0 Å². The van der Waals surface area contributed by atoms with E-state index in [1.54, 1.807) is 23.1 Å². The molecule has 6 heteroatoms. The molecule has 184 valence electrons. The van der Waals surface area contributed by atoms with E-state index in [9.17, 15) is 14.0 Å². The fraction of sp³-hybridized carbons (Fsp3) is 0.161. The second-order valence-electron chi connectivity index (χ2n) is 9.58. The van der Waals surface area contributed by atoms with Crippen molar-refractivity contribution in [1.29, 1.82) is 0 Å². The number of hydrogen-bond acceptors (Lipinski definition) is 4. The highest BCUT2D eigenvalue weighted by Crippen LogP contribution is 2.48. The molecule has 0 spiro atoms. The Balaban J connectivity index is 1.58. The van der Waals surface area contributed by atoms with Crippen LogP contribution in [0.2, 0.25) is 0 Å². The van der Waals surface area contributed by atoms with Gasteiger partial charge in [-0.2, -0.15) is 0 Å². The van der Waals surface area contributed by atoms with Crippen LogP contribution in [0.3, 0.4) is 0 Å². The largest absolute Gasteiger partial charge is 0.357 e. The zero-order valence-electron chi connectivity index (χ0n) is 20.3. The number of fused-ring (bicyclic) bond motifs is 1. The van der Waals surface area contributed by atoms with Crippen LogP contribution in [0.15, 0.2) is 102 Å². The minimum absolute atomic E-state index is 0.00886. The lowest BCUT2D eigenvalue weighted by Crippen LogP contribution is -2.38. The lowest BCUT2D eigenvalue weighted by Gasteiger charge is -2.35. The van der Waals surface area contributed by atoms with Gasteiger partial charge in [0.2, 0.25) is 0 Å². The summed E-state index contributed by atoms with van der Waals surface area (Å²) < 4.78 is 14.0. The Morgan fingerprint density at radius 3 is 2.46 bits per heavy atom. The highest BCUT2D eigenvalue weighted by molar-refractivity contribution is 7.12. The van der Waals surface area contributed by atoms with Crippen LogP contribution in [0.25, 0.3) is 0 Å². The number of halogens is 1. The van der Waals surface area contributed by atoms with Gasteiger partial charge in [-0.1, -0.05) is 54.6 Å². The predicted molar refractivity (Wildman–Crippen MR) is 146 cm³/mol. The Labute approximate surface area is 219 Å².